The number of benzene rings is 2. The molecule has 0 radical (unpaired) electrons. The van der Waals surface area contributed by atoms with Gasteiger partial charge >= 0.3 is 0 Å². The molecule has 2 N–H and O–H groups in total. The molecule has 0 aromatic heterocycles. The molecule has 6 heteroatoms. The normalized spacial score (nSPS) is 11.1. The van der Waals surface area contributed by atoms with Gasteiger partial charge in [0.15, 0.2) is 0 Å². The fourth-order valence-electron chi connectivity index (χ4n) is 2.27. The molecule has 2 amide bonds. The summed E-state index contributed by atoms with van der Waals surface area (Å²) in [6.07, 6.45) is 2.98. The fourth-order valence-corrected chi connectivity index (χ4v) is 2.27. The SMILES string of the molecule is N#C/C(=C\c1ccccc1)C(=O)NCCNC(=O)/C(C#N)=C/c1ccccc1. The van der Waals surface area contributed by atoms with Crippen LogP contribution >= 0.6 is 0 Å². The molecule has 0 spiro atoms. The Morgan fingerprint density at radius 3 is 1.39 bits per heavy atom. The molecule has 0 fully saturated rings. The number of hydrogen-bond acceptors (Lipinski definition) is 4. The Morgan fingerprint density at radius 1 is 0.714 bits per heavy atom. The Morgan fingerprint density at radius 2 is 1.07 bits per heavy atom. The summed E-state index contributed by atoms with van der Waals surface area (Å²) in [5.74, 6) is -1.05. The third-order valence-electron chi connectivity index (χ3n) is 3.65. The Balaban J connectivity index is 1.86. The maximum absolute atomic E-state index is 12.1. The van der Waals surface area contributed by atoms with Gasteiger partial charge in [-0.25, -0.2) is 0 Å². The molecule has 0 unspecified atom stereocenters. The van der Waals surface area contributed by atoms with Gasteiger partial charge in [0.2, 0.25) is 0 Å². The molecule has 2 aromatic carbocycles. The van der Waals surface area contributed by atoms with Crippen LogP contribution in [0.15, 0.2) is 71.8 Å². The van der Waals surface area contributed by atoms with Gasteiger partial charge in [0, 0.05) is 13.1 Å². The summed E-state index contributed by atoms with van der Waals surface area (Å²) < 4.78 is 0. The lowest BCUT2D eigenvalue weighted by Crippen LogP contribution is -2.35. The number of nitriles is 2. The van der Waals surface area contributed by atoms with Crippen LogP contribution in [0.4, 0.5) is 0 Å². The maximum Gasteiger partial charge on any atom is 0.262 e. The summed E-state index contributed by atoms with van der Waals surface area (Å²) >= 11 is 0. The molecule has 2 aromatic rings. The largest absolute Gasteiger partial charge is 0.350 e. The topological polar surface area (TPSA) is 106 Å². The molecule has 138 valence electrons. The molecule has 2 rings (SSSR count). The van der Waals surface area contributed by atoms with E-state index < -0.39 is 11.8 Å². The number of carbonyl (C=O) groups is 2. The van der Waals surface area contributed by atoms with Crippen molar-refractivity contribution < 1.29 is 9.59 Å². The van der Waals surface area contributed by atoms with Gasteiger partial charge in [-0.15, -0.1) is 0 Å². The second-order valence-electron chi connectivity index (χ2n) is 5.67. The minimum Gasteiger partial charge on any atom is -0.350 e. The van der Waals surface area contributed by atoms with Crippen LogP contribution in [0, 0.1) is 22.7 Å². The smallest absolute Gasteiger partial charge is 0.262 e. The highest BCUT2D eigenvalue weighted by atomic mass is 16.2. The molecular weight excluding hydrogens is 352 g/mol. The van der Waals surface area contributed by atoms with Crippen LogP contribution in [-0.2, 0) is 9.59 Å². The molecule has 0 bridgehead atoms. The molecule has 0 heterocycles. The maximum atomic E-state index is 12.1. The third-order valence-corrected chi connectivity index (χ3v) is 3.65. The Bertz CT molecular complexity index is 884. The van der Waals surface area contributed by atoms with E-state index >= 15 is 0 Å². The van der Waals surface area contributed by atoms with Crippen molar-refractivity contribution in [2.45, 2.75) is 0 Å². The van der Waals surface area contributed by atoms with Crippen LogP contribution in [0.5, 0.6) is 0 Å². The van der Waals surface area contributed by atoms with E-state index in [0.717, 1.165) is 11.1 Å². The van der Waals surface area contributed by atoms with Crippen molar-refractivity contribution in [3.63, 3.8) is 0 Å². The Kier molecular flexibility index (Phi) is 7.74. The highest BCUT2D eigenvalue weighted by Crippen LogP contribution is 2.07. The number of nitrogens with zero attached hydrogens (tertiary/aromatic N) is 2. The van der Waals surface area contributed by atoms with E-state index in [2.05, 4.69) is 10.6 Å². The number of nitrogens with one attached hydrogen (secondary N) is 2. The first-order valence-corrected chi connectivity index (χ1v) is 8.54. The van der Waals surface area contributed by atoms with Gasteiger partial charge in [-0.3, -0.25) is 9.59 Å². The zero-order valence-electron chi connectivity index (χ0n) is 15.1. The van der Waals surface area contributed by atoms with Crippen molar-refractivity contribution in [2.75, 3.05) is 13.1 Å². The molecule has 0 aliphatic rings. The van der Waals surface area contributed by atoms with E-state index in [9.17, 15) is 9.59 Å². The highest BCUT2D eigenvalue weighted by molar-refractivity contribution is 6.02. The van der Waals surface area contributed by atoms with E-state index in [4.69, 9.17) is 10.5 Å². The van der Waals surface area contributed by atoms with Crippen molar-refractivity contribution in [1.82, 2.24) is 10.6 Å². The second-order valence-corrected chi connectivity index (χ2v) is 5.67. The molecule has 0 saturated carbocycles. The van der Waals surface area contributed by atoms with E-state index in [1.807, 2.05) is 48.5 Å². The van der Waals surface area contributed by atoms with Gasteiger partial charge in [-0.05, 0) is 23.3 Å². The van der Waals surface area contributed by atoms with Gasteiger partial charge < -0.3 is 10.6 Å². The van der Waals surface area contributed by atoms with Crippen molar-refractivity contribution in [1.29, 1.82) is 10.5 Å². The minimum atomic E-state index is -0.527. The average molecular weight is 370 g/mol. The first-order chi connectivity index (χ1) is 13.6. The summed E-state index contributed by atoms with van der Waals surface area (Å²) in [6.45, 7) is 0.255. The third kappa shape index (κ3) is 6.29. The molecule has 0 saturated heterocycles. The highest BCUT2D eigenvalue weighted by Gasteiger charge is 2.10. The van der Waals surface area contributed by atoms with Crippen molar-refractivity contribution >= 4 is 24.0 Å². The first-order valence-electron chi connectivity index (χ1n) is 8.54. The lowest BCUT2D eigenvalue weighted by Gasteiger charge is -2.06. The monoisotopic (exact) mass is 370 g/mol. The first kappa shape index (κ1) is 20.2. The zero-order chi connectivity index (χ0) is 20.2. The van der Waals surface area contributed by atoms with Crippen LogP contribution < -0.4 is 10.6 Å². The van der Waals surface area contributed by atoms with E-state index in [1.54, 1.807) is 24.3 Å². The number of amides is 2. The number of hydrogen-bond donors (Lipinski definition) is 2. The fraction of sp³-hybridized carbons (Fsp3) is 0.0909. The van der Waals surface area contributed by atoms with Crippen LogP contribution in [-0.4, -0.2) is 24.9 Å². The van der Waals surface area contributed by atoms with Crippen LogP contribution in [0.2, 0.25) is 0 Å². The van der Waals surface area contributed by atoms with Gasteiger partial charge in [0.1, 0.15) is 23.3 Å². The Labute approximate surface area is 163 Å². The lowest BCUT2D eigenvalue weighted by atomic mass is 10.1. The van der Waals surface area contributed by atoms with E-state index in [1.165, 1.54) is 12.2 Å². The predicted octanol–water partition coefficient (Wildman–Crippen LogP) is 2.43. The van der Waals surface area contributed by atoms with Crippen molar-refractivity contribution in [2.24, 2.45) is 0 Å². The second kappa shape index (κ2) is 10.7. The van der Waals surface area contributed by atoms with Crippen molar-refractivity contribution in [3.8, 4) is 12.1 Å². The molecular formula is C22H18N4O2. The van der Waals surface area contributed by atoms with E-state index in [0.29, 0.717) is 0 Å². The molecule has 0 aliphatic heterocycles. The van der Waals surface area contributed by atoms with Crippen molar-refractivity contribution in [3.05, 3.63) is 82.9 Å². The molecule has 6 nitrogen and oxygen atoms in total. The molecule has 0 aliphatic carbocycles. The summed E-state index contributed by atoms with van der Waals surface area (Å²) in [7, 11) is 0. The summed E-state index contributed by atoms with van der Waals surface area (Å²) in [5.41, 5.74) is 1.43. The van der Waals surface area contributed by atoms with Crippen LogP contribution in [0.1, 0.15) is 11.1 Å². The Hall–Kier alpha value is -4.16. The van der Waals surface area contributed by atoms with Gasteiger partial charge in [-0.1, -0.05) is 60.7 Å². The zero-order valence-corrected chi connectivity index (χ0v) is 15.1. The summed E-state index contributed by atoms with van der Waals surface area (Å²) in [5, 5.41) is 23.4. The quantitative estimate of drug-likeness (QED) is 0.443. The molecule has 0 atom stereocenters. The summed E-state index contributed by atoms with van der Waals surface area (Å²) in [6, 6.07) is 21.8. The molecule has 28 heavy (non-hydrogen) atoms. The van der Waals surface area contributed by atoms with Gasteiger partial charge in [0.05, 0.1) is 0 Å². The predicted molar refractivity (Wildman–Crippen MR) is 106 cm³/mol. The number of carbonyl (C=O) groups excluding carboxylic acids is 2. The standard InChI is InChI=1S/C22H18N4O2/c23-15-19(13-17-7-3-1-4-8-17)21(27)25-11-12-26-22(28)20(16-24)14-18-9-5-2-6-10-18/h1-10,13-14H,11-12H2,(H,25,27)(H,26,28)/b19-13+,20-14+. The average Bonchev–Trinajstić information content (AvgIpc) is 2.74. The van der Waals surface area contributed by atoms with Gasteiger partial charge in [-0.2, -0.15) is 10.5 Å². The van der Waals surface area contributed by atoms with Crippen LogP contribution in [0.3, 0.4) is 0 Å². The lowest BCUT2D eigenvalue weighted by molar-refractivity contribution is -0.118. The minimum absolute atomic E-state index is 0.0285. The number of rotatable bonds is 7. The summed E-state index contributed by atoms with van der Waals surface area (Å²) in [4.78, 5) is 24.2. The van der Waals surface area contributed by atoms with Gasteiger partial charge in [0.25, 0.3) is 11.8 Å². The van der Waals surface area contributed by atoms with E-state index in [-0.39, 0.29) is 24.2 Å². The van der Waals surface area contributed by atoms with Crippen LogP contribution in [0.25, 0.3) is 12.2 Å².